The molecule has 23 heavy (non-hydrogen) atoms. The van der Waals surface area contributed by atoms with Gasteiger partial charge in [0.1, 0.15) is 5.82 Å². The van der Waals surface area contributed by atoms with Crippen LogP contribution in [-0.2, 0) is 10.0 Å². The van der Waals surface area contributed by atoms with Gasteiger partial charge in [0.15, 0.2) is 0 Å². The standard InChI is InChI=1S/C17H27N3O2S/c1-19(2)17-12-14(9-10-18-17)15-6-5-11-20(13-15)23(21,22)16-7-3-4-8-16/h9-10,12,15-16H,3-8,11,13H2,1-2H3. The summed E-state index contributed by atoms with van der Waals surface area (Å²) < 4.78 is 27.4. The number of hydrogen-bond acceptors (Lipinski definition) is 4. The lowest BCUT2D eigenvalue weighted by atomic mass is 9.92. The number of anilines is 1. The summed E-state index contributed by atoms with van der Waals surface area (Å²) in [4.78, 5) is 6.34. The maximum absolute atomic E-state index is 12.8. The molecule has 0 N–H and O–H groups in total. The molecule has 2 heterocycles. The maximum atomic E-state index is 12.8. The van der Waals surface area contributed by atoms with Crippen molar-refractivity contribution in [1.82, 2.24) is 9.29 Å². The SMILES string of the molecule is CN(C)c1cc(C2CCCN(S(=O)(=O)C3CCCC3)C2)ccn1. The molecule has 1 saturated heterocycles. The fraction of sp³-hybridized carbons (Fsp3) is 0.706. The van der Waals surface area contributed by atoms with E-state index in [0.717, 1.165) is 44.3 Å². The van der Waals surface area contributed by atoms with Gasteiger partial charge in [0.05, 0.1) is 5.25 Å². The van der Waals surface area contributed by atoms with Gasteiger partial charge in [0, 0.05) is 33.4 Å². The van der Waals surface area contributed by atoms with Gasteiger partial charge in [-0.2, -0.15) is 0 Å². The van der Waals surface area contributed by atoms with Crippen molar-refractivity contribution in [2.24, 2.45) is 0 Å². The Morgan fingerprint density at radius 2 is 1.91 bits per heavy atom. The monoisotopic (exact) mass is 337 g/mol. The summed E-state index contributed by atoms with van der Waals surface area (Å²) in [6.07, 6.45) is 7.60. The number of sulfonamides is 1. The summed E-state index contributed by atoms with van der Waals surface area (Å²) in [6, 6.07) is 4.12. The van der Waals surface area contributed by atoms with E-state index in [0.29, 0.717) is 13.1 Å². The molecule has 1 saturated carbocycles. The van der Waals surface area contributed by atoms with Gasteiger partial charge in [-0.05, 0) is 49.3 Å². The highest BCUT2D eigenvalue weighted by atomic mass is 32.2. The molecule has 0 amide bonds. The van der Waals surface area contributed by atoms with Crippen molar-refractivity contribution in [3.63, 3.8) is 0 Å². The molecule has 128 valence electrons. The molecule has 1 aromatic rings. The normalized spacial score (nSPS) is 24.0. The van der Waals surface area contributed by atoms with Crippen LogP contribution < -0.4 is 4.90 Å². The molecule has 0 bridgehead atoms. The Balaban J connectivity index is 1.77. The predicted octanol–water partition coefficient (Wildman–Crippen LogP) is 2.60. The first-order valence-electron chi connectivity index (χ1n) is 8.60. The Morgan fingerprint density at radius 3 is 2.61 bits per heavy atom. The summed E-state index contributed by atoms with van der Waals surface area (Å²) in [6.45, 7) is 1.30. The number of rotatable bonds is 4. The molecule has 0 radical (unpaired) electrons. The summed E-state index contributed by atoms with van der Waals surface area (Å²) in [5.41, 5.74) is 1.20. The smallest absolute Gasteiger partial charge is 0.216 e. The van der Waals surface area contributed by atoms with Gasteiger partial charge in [-0.15, -0.1) is 0 Å². The van der Waals surface area contributed by atoms with Crippen LogP contribution in [0.2, 0.25) is 0 Å². The molecule has 1 aliphatic heterocycles. The molecular formula is C17H27N3O2S. The van der Waals surface area contributed by atoms with Crippen molar-refractivity contribution in [2.75, 3.05) is 32.1 Å². The minimum Gasteiger partial charge on any atom is -0.363 e. The number of nitrogens with zero attached hydrogens (tertiary/aromatic N) is 3. The second-order valence-corrected chi connectivity index (χ2v) is 9.20. The minimum atomic E-state index is -3.12. The van der Waals surface area contributed by atoms with Gasteiger partial charge in [0.25, 0.3) is 0 Å². The third-order valence-electron chi connectivity index (χ3n) is 5.17. The van der Waals surface area contributed by atoms with E-state index in [1.807, 2.05) is 31.3 Å². The third-order valence-corrected chi connectivity index (χ3v) is 7.53. The van der Waals surface area contributed by atoms with E-state index in [1.165, 1.54) is 5.56 Å². The van der Waals surface area contributed by atoms with E-state index in [1.54, 1.807) is 4.31 Å². The van der Waals surface area contributed by atoms with Crippen molar-refractivity contribution < 1.29 is 8.42 Å². The van der Waals surface area contributed by atoms with Gasteiger partial charge in [-0.25, -0.2) is 17.7 Å². The zero-order valence-corrected chi connectivity index (χ0v) is 14.9. The molecule has 0 spiro atoms. The third kappa shape index (κ3) is 3.53. The van der Waals surface area contributed by atoms with Crippen LogP contribution in [0.4, 0.5) is 5.82 Å². The average Bonchev–Trinajstić information content (AvgIpc) is 3.10. The number of aromatic nitrogens is 1. The van der Waals surface area contributed by atoms with Gasteiger partial charge in [0.2, 0.25) is 10.0 Å². The van der Waals surface area contributed by atoms with Crippen LogP contribution in [0.25, 0.3) is 0 Å². The van der Waals surface area contributed by atoms with Gasteiger partial charge < -0.3 is 4.90 Å². The topological polar surface area (TPSA) is 53.5 Å². The van der Waals surface area contributed by atoms with E-state index >= 15 is 0 Å². The Morgan fingerprint density at radius 1 is 1.17 bits per heavy atom. The van der Waals surface area contributed by atoms with Crippen LogP contribution in [0, 0.1) is 0 Å². The van der Waals surface area contributed by atoms with Crippen LogP contribution in [0.5, 0.6) is 0 Å². The maximum Gasteiger partial charge on any atom is 0.216 e. The Kier molecular flexibility index (Phi) is 4.92. The van der Waals surface area contributed by atoms with Crippen molar-refractivity contribution in [2.45, 2.75) is 49.7 Å². The molecule has 2 fully saturated rings. The number of pyridine rings is 1. The van der Waals surface area contributed by atoms with Crippen LogP contribution in [-0.4, -0.2) is 50.1 Å². The molecule has 0 aromatic carbocycles. The zero-order valence-electron chi connectivity index (χ0n) is 14.1. The Bertz CT molecular complexity index is 639. The van der Waals surface area contributed by atoms with E-state index < -0.39 is 10.0 Å². The Labute approximate surface area is 139 Å². The molecule has 1 unspecified atom stereocenters. The first-order chi connectivity index (χ1) is 11.0. The molecule has 2 aliphatic rings. The van der Waals surface area contributed by atoms with E-state index in [9.17, 15) is 8.42 Å². The first kappa shape index (κ1) is 16.7. The summed E-state index contributed by atoms with van der Waals surface area (Å²) in [5.74, 6) is 1.21. The second-order valence-electron chi connectivity index (χ2n) is 6.99. The second kappa shape index (κ2) is 6.77. The molecule has 5 nitrogen and oxygen atoms in total. The minimum absolute atomic E-state index is 0.143. The first-order valence-corrected chi connectivity index (χ1v) is 10.1. The van der Waals surface area contributed by atoms with Crippen molar-refractivity contribution in [3.05, 3.63) is 23.9 Å². The zero-order chi connectivity index (χ0) is 16.4. The molecule has 1 atom stereocenters. The summed E-state index contributed by atoms with van der Waals surface area (Å²) in [5, 5.41) is -0.143. The highest BCUT2D eigenvalue weighted by Gasteiger charge is 2.36. The fourth-order valence-electron chi connectivity index (χ4n) is 3.78. The van der Waals surface area contributed by atoms with Crippen molar-refractivity contribution in [1.29, 1.82) is 0 Å². The largest absolute Gasteiger partial charge is 0.363 e. The van der Waals surface area contributed by atoms with Gasteiger partial charge >= 0.3 is 0 Å². The Hall–Kier alpha value is -1.14. The highest BCUT2D eigenvalue weighted by Crippen LogP contribution is 2.33. The number of piperidine rings is 1. The summed E-state index contributed by atoms with van der Waals surface area (Å²) in [7, 11) is 0.830. The van der Waals surface area contributed by atoms with Crippen LogP contribution in [0.15, 0.2) is 18.3 Å². The summed E-state index contributed by atoms with van der Waals surface area (Å²) >= 11 is 0. The quantitative estimate of drug-likeness (QED) is 0.847. The van der Waals surface area contributed by atoms with Gasteiger partial charge in [-0.3, -0.25) is 0 Å². The lowest BCUT2D eigenvalue weighted by Gasteiger charge is -2.34. The lowest BCUT2D eigenvalue weighted by molar-refractivity contribution is 0.312. The molecule has 6 heteroatoms. The van der Waals surface area contributed by atoms with Crippen LogP contribution in [0.1, 0.15) is 50.0 Å². The molecule has 3 rings (SSSR count). The van der Waals surface area contributed by atoms with Crippen LogP contribution >= 0.6 is 0 Å². The molecule has 1 aromatic heterocycles. The van der Waals surface area contributed by atoms with E-state index in [4.69, 9.17) is 0 Å². The van der Waals surface area contributed by atoms with Crippen molar-refractivity contribution >= 4 is 15.8 Å². The lowest BCUT2D eigenvalue weighted by Crippen LogP contribution is -2.43. The van der Waals surface area contributed by atoms with E-state index in [2.05, 4.69) is 11.1 Å². The van der Waals surface area contributed by atoms with Gasteiger partial charge in [-0.1, -0.05) is 12.8 Å². The molecule has 1 aliphatic carbocycles. The molecular weight excluding hydrogens is 310 g/mol. The van der Waals surface area contributed by atoms with Crippen LogP contribution in [0.3, 0.4) is 0 Å². The fourth-order valence-corrected chi connectivity index (χ4v) is 5.90. The van der Waals surface area contributed by atoms with E-state index in [-0.39, 0.29) is 11.2 Å². The predicted molar refractivity (Wildman–Crippen MR) is 93.3 cm³/mol. The van der Waals surface area contributed by atoms with Crippen molar-refractivity contribution in [3.8, 4) is 0 Å². The number of hydrogen-bond donors (Lipinski definition) is 0. The average molecular weight is 337 g/mol. The highest BCUT2D eigenvalue weighted by molar-refractivity contribution is 7.89.